The lowest BCUT2D eigenvalue weighted by Crippen LogP contribution is -2.24. The molecule has 0 atom stereocenters. The van der Waals surface area contributed by atoms with Gasteiger partial charge in [-0.25, -0.2) is 4.98 Å². The third-order valence-corrected chi connectivity index (χ3v) is 5.66. The van der Waals surface area contributed by atoms with Crippen LogP contribution >= 0.6 is 22.7 Å². The van der Waals surface area contributed by atoms with Gasteiger partial charge in [-0.2, -0.15) is 11.3 Å². The maximum Gasteiger partial charge on any atom is 0.256 e. The Bertz CT molecular complexity index is 1070. The highest BCUT2D eigenvalue weighted by Crippen LogP contribution is 2.22. The maximum atomic E-state index is 12.6. The zero-order chi connectivity index (χ0) is 18.6. The molecular weight excluding hydrogens is 378 g/mol. The minimum atomic E-state index is -0.254. The first-order valence-corrected chi connectivity index (χ1v) is 10.0. The Morgan fingerprint density at radius 3 is 2.59 bits per heavy atom. The van der Waals surface area contributed by atoms with E-state index in [0.29, 0.717) is 23.4 Å². The highest BCUT2D eigenvalue weighted by atomic mass is 32.1. The molecule has 7 heteroatoms. The minimum absolute atomic E-state index is 0.234. The van der Waals surface area contributed by atoms with E-state index < -0.39 is 0 Å². The molecular formula is C20H15N3O2S2. The quantitative estimate of drug-likeness (QED) is 0.523. The molecule has 5 nitrogen and oxygen atoms in total. The van der Waals surface area contributed by atoms with Crippen molar-refractivity contribution in [3.63, 3.8) is 0 Å². The molecule has 0 radical (unpaired) electrons. The number of para-hydroxylation sites is 2. The van der Waals surface area contributed by atoms with E-state index in [4.69, 9.17) is 0 Å². The normalized spacial score (nSPS) is 10.7. The number of carbonyl (C=O) groups excluding carboxylic acids is 2. The van der Waals surface area contributed by atoms with Crippen LogP contribution in [0.2, 0.25) is 0 Å². The molecule has 0 bridgehead atoms. The summed E-state index contributed by atoms with van der Waals surface area (Å²) in [4.78, 5) is 29.4. The number of anilines is 1. The van der Waals surface area contributed by atoms with Gasteiger partial charge in [0.15, 0.2) is 0 Å². The number of benzene rings is 2. The van der Waals surface area contributed by atoms with Gasteiger partial charge in [0.05, 0.1) is 33.6 Å². The van der Waals surface area contributed by atoms with Crippen molar-refractivity contribution >= 4 is 50.4 Å². The van der Waals surface area contributed by atoms with Gasteiger partial charge in [0, 0.05) is 5.38 Å². The van der Waals surface area contributed by atoms with Crippen molar-refractivity contribution in [2.24, 2.45) is 0 Å². The number of thiophene rings is 1. The maximum absolute atomic E-state index is 12.6. The predicted molar refractivity (Wildman–Crippen MR) is 110 cm³/mol. The summed E-state index contributed by atoms with van der Waals surface area (Å²) in [7, 11) is 0. The summed E-state index contributed by atoms with van der Waals surface area (Å²) in [6.45, 7) is 0.338. The molecule has 2 aromatic carbocycles. The van der Waals surface area contributed by atoms with Gasteiger partial charge < -0.3 is 10.6 Å². The summed E-state index contributed by atoms with van der Waals surface area (Å²) in [6.07, 6.45) is 0. The van der Waals surface area contributed by atoms with Crippen molar-refractivity contribution < 1.29 is 9.59 Å². The number of rotatable bonds is 5. The highest BCUT2D eigenvalue weighted by molar-refractivity contribution is 7.18. The number of hydrogen-bond donors (Lipinski definition) is 2. The molecule has 27 heavy (non-hydrogen) atoms. The van der Waals surface area contributed by atoms with Crippen molar-refractivity contribution in [3.05, 3.63) is 81.5 Å². The topological polar surface area (TPSA) is 71.1 Å². The van der Waals surface area contributed by atoms with E-state index in [9.17, 15) is 9.59 Å². The van der Waals surface area contributed by atoms with Crippen LogP contribution in [-0.4, -0.2) is 16.8 Å². The lowest BCUT2D eigenvalue weighted by atomic mass is 10.1. The Morgan fingerprint density at radius 2 is 1.78 bits per heavy atom. The first kappa shape index (κ1) is 17.4. The Kier molecular flexibility index (Phi) is 4.95. The molecule has 4 rings (SSSR count). The van der Waals surface area contributed by atoms with Crippen LogP contribution in [0, 0.1) is 0 Å². The van der Waals surface area contributed by atoms with Crippen LogP contribution in [0.3, 0.4) is 0 Å². The molecule has 0 unspecified atom stereocenters. The predicted octanol–water partition coefficient (Wildman–Crippen LogP) is 4.54. The van der Waals surface area contributed by atoms with Gasteiger partial charge in [0.1, 0.15) is 5.01 Å². The zero-order valence-electron chi connectivity index (χ0n) is 14.1. The summed E-state index contributed by atoms with van der Waals surface area (Å²) in [6, 6.07) is 16.6. The summed E-state index contributed by atoms with van der Waals surface area (Å²) in [5.41, 5.74) is 2.40. The van der Waals surface area contributed by atoms with E-state index in [1.54, 1.807) is 47.0 Å². The molecule has 0 aliphatic rings. The van der Waals surface area contributed by atoms with E-state index >= 15 is 0 Å². The van der Waals surface area contributed by atoms with Gasteiger partial charge >= 0.3 is 0 Å². The molecule has 2 heterocycles. The monoisotopic (exact) mass is 393 g/mol. The fraction of sp³-hybridized carbons (Fsp3) is 0.0500. The highest BCUT2D eigenvalue weighted by Gasteiger charge is 2.14. The Balaban J connectivity index is 1.47. The second-order valence-corrected chi connectivity index (χ2v) is 7.66. The van der Waals surface area contributed by atoms with E-state index in [-0.39, 0.29) is 11.8 Å². The number of aromatic nitrogens is 1. The fourth-order valence-electron chi connectivity index (χ4n) is 2.62. The van der Waals surface area contributed by atoms with Crippen LogP contribution in [0.5, 0.6) is 0 Å². The van der Waals surface area contributed by atoms with Crippen molar-refractivity contribution in [1.82, 2.24) is 10.3 Å². The van der Waals surface area contributed by atoms with Crippen LogP contribution in [0.15, 0.2) is 65.4 Å². The third-order valence-electron chi connectivity index (χ3n) is 3.94. The molecule has 2 aromatic heterocycles. The number of thiazole rings is 1. The smallest absolute Gasteiger partial charge is 0.256 e. The molecule has 0 saturated heterocycles. The number of carbonyl (C=O) groups is 2. The van der Waals surface area contributed by atoms with Crippen LogP contribution in [0.25, 0.3) is 10.2 Å². The molecule has 0 fully saturated rings. The second-order valence-electron chi connectivity index (χ2n) is 5.77. The van der Waals surface area contributed by atoms with Crippen LogP contribution in [0.1, 0.15) is 25.7 Å². The molecule has 2 N–H and O–H groups in total. The van der Waals surface area contributed by atoms with Gasteiger partial charge in [-0.15, -0.1) is 11.3 Å². The van der Waals surface area contributed by atoms with Crippen LogP contribution in [-0.2, 0) is 6.54 Å². The Labute approximate surface area is 163 Å². The number of hydrogen-bond acceptors (Lipinski definition) is 5. The number of amides is 2. The van der Waals surface area contributed by atoms with Crippen molar-refractivity contribution in [3.8, 4) is 0 Å². The molecule has 0 saturated carbocycles. The molecule has 2 amide bonds. The average molecular weight is 393 g/mol. The molecule has 0 spiro atoms. The average Bonchev–Trinajstić information content (AvgIpc) is 3.36. The minimum Gasteiger partial charge on any atom is -0.345 e. The summed E-state index contributed by atoms with van der Waals surface area (Å²) >= 11 is 3.00. The summed E-state index contributed by atoms with van der Waals surface area (Å²) < 4.78 is 1.09. The van der Waals surface area contributed by atoms with Gasteiger partial charge in [-0.1, -0.05) is 24.3 Å². The van der Waals surface area contributed by atoms with E-state index in [0.717, 1.165) is 15.2 Å². The number of nitrogens with one attached hydrogen (secondary N) is 2. The standard InChI is InChI=1S/C20H15N3O2S2/c24-19(13-9-10-26-12-13)23-15-6-2-1-5-14(15)20(25)21-11-18-22-16-7-3-4-8-17(16)27-18/h1-10,12H,11H2,(H,21,25)(H,23,24). The number of nitrogens with zero attached hydrogens (tertiary/aromatic N) is 1. The molecule has 134 valence electrons. The molecule has 0 aliphatic heterocycles. The molecule has 4 aromatic rings. The third kappa shape index (κ3) is 3.89. The van der Waals surface area contributed by atoms with Crippen LogP contribution in [0.4, 0.5) is 5.69 Å². The van der Waals surface area contributed by atoms with Gasteiger partial charge in [-0.05, 0) is 35.7 Å². The Morgan fingerprint density at radius 1 is 0.963 bits per heavy atom. The van der Waals surface area contributed by atoms with Gasteiger partial charge in [-0.3, -0.25) is 9.59 Å². The van der Waals surface area contributed by atoms with E-state index in [2.05, 4.69) is 15.6 Å². The zero-order valence-corrected chi connectivity index (χ0v) is 15.8. The van der Waals surface area contributed by atoms with Crippen molar-refractivity contribution in [1.29, 1.82) is 0 Å². The molecule has 0 aliphatic carbocycles. The SMILES string of the molecule is O=C(Nc1ccccc1C(=O)NCc1nc2ccccc2s1)c1ccsc1. The summed E-state index contributed by atoms with van der Waals surface area (Å²) in [5.74, 6) is -0.488. The largest absolute Gasteiger partial charge is 0.345 e. The first-order chi connectivity index (χ1) is 13.2. The van der Waals surface area contributed by atoms with E-state index in [1.807, 2.05) is 29.6 Å². The van der Waals surface area contributed by atoms with E-state index in [1.165, 1.54) is 11.3 Å². The van der Waals surface area contributed by atoms with Crippen molar-refractivity contribution in [2.75, 3.05) is 5.32 Å². The van der Waals surface area contributed by atoms with Gasteiger partial charge in [0.2, 0.25) is 0 Å². The number of fused-ring (bicyclic) bond motifs is 1. The fourth-order valence-corrected chi connectivity index (χ4v) is 4.17. The second kappa shape index (κ2) is 7.69. The lowest BCUT2D eigenvalue weighted by molar-refractivity contribution is 0.0951. The summed E-state index contributed by atoms with van der Waals surface area (Å²) in [5, 5.41) is 10.1. The lowest BCUT2D eigenvalue weighted by Gasteiger charge is -2.10. The van der Waals surface area contributed by atoms with Gasteiger partial charge in [0.25, 0.3) is 11.8 Å². The van der Waals surface area contributed by atoms with Crippen molar-refractivity contribution in [2.45, 2.75) is 6.54 Å². The first-order valence-electron chi connectivity index (χ1n) is 8.26. The Hall–Kier alpha value is -3.03. The van der Waals surface area contributed by atoms with Crippen LogP contribution < -0.4 is 10.6 Å².